The molecule has 0 spiro atoms. The highest BCUT2D eigenvalue weighted by Gasteiger charge is 2.11. The van der Waals surface area contributed by atoms with E-state index in [0.29, 0.717) is 5.05 Å². The van der Waals surface area contributed by atoms with Crippen LogP contribution in [-0.4, -0.2) is 19.3 Å². The molecule has 0 atom stereocenters. The van der Waals surface area contributed by atoms with Crippen LogP contribution >= 0.6 is 23.6 Å². The first kappa shape index (κ1) is 13.8. The standard InChI is InChI=1S/C14H15NO2S2/c1-9-11(8-13(19-9)14(18)17-3)15-10-6-4-5-7-12(10)16-2/h4-8,15H,1-3H3. The smallest absolute Gasteiger partial charge is 0.201 e. The third kappa shape index (κ3) is 3.05. The monoisotopic (exact) mass is 293 g/mol. The molecule has 5 heteroatoms. The Kier molecular flexibility index (Phi) is 4.39. The van der Waals surface area contributed by atoms with E-state index in [9.17, 15) is 0 Å². The Hall–Kier alpha value is -1.59. The second-order valence-electron chi connectivity index (χ2n) is 3.90. The number of hydrogen-bond acceptors (Lipinski definition) is 5. The lowest BCUT2D eigenvalue weighted by molar-refractivity contribution is 0.417. The zero-order valence-electron chi connectivity index (χ0n) is 11.0. The number of ether oxygens (including phenoxy) is 2. The third-order valence-corrected chi connectivity index (χ3v) is 4.25. The Balaban J connectivity index is 2.28. The molecule has 2 aromatic rings. The first-order chi connectivity index (χ1) is 9.15. The lowest BCUT2D eigenvalue weighted by Gasteiger charge is -2.10. The second kappa shape index (κ2) is 6.04. The molecule has 0 aliphatic carbocycles. The summed E-state index contributed by atoms with van der Waals surface area (Å²) in [7, 11) is 3.25. The lowest BCUT2D eigenvalue weighted by atomic mass is 10.2. The van der Waals surface area contributed by atoms with Gasteiger partial charge in [-0.15, -0.1) is 11.3 Å². The zero-order valence-corrected chi connectivity index (χ0v) is 12.7. The van der Waals surface area contributed by atoms with Crippen LogP contribution in [0.15, 0.2) is 30.3 Å². The number of rotatable bonds is 4. The number of thiophene rings is 1. The predicted molar refractivity (Wildman–Crippen MR) is 84.0 cm³/mol. The quantitative estimate of drug-likeness (QED) is 0.859. The van der Waals surface area contributed by atoms with Crippen molar-refractivity contribution in [3.05, 3.63) is 40.1 Å². The van der Waals surface area contributed by atoms with E-state index in [0.717, 1.165) is 26.9 Å². The molecule has 0 saturated heterocycles. The number of para-hydroxylation sites is 2. The van der Waals surface area contributed by atoms with Crippen LogP contribution in [-0.2, 0) is 4.74 Å². The van der Waals surface area contributed by atoms with Gasteiger partial charge in [0.25, 0.3) is 0 Å². The van der Waals surface area contributed by atoms with Gasteiger partial charge in [-0.25, -0.2) is 0 Å². The number of aryl methyl sites for hydroxylation is 1. The number of benzene rings is 1. The van der Waals surface area contributed by atoms with Gasteiger partial charge in [0.15, 0.2) is 0 Å². The normalized spacial score (nSPS) is 10.1. The van der Waals surface area contributed by atoms with Crippen LogP contribution < -0.4 is 10.1 Å². The summed E-state index contributed by atoms with van der Waals surface area (Å²) in [5.41, 5.74) is 1.95. The van der Waals surface area contributed by atoms with Crippen molar-refractivity contribution in [2.75, 3.05) is 19.5 Å². The summed E-state index contributed by atoms with van der Waals surface area (Å²) in [4.78, 5) is 2.10. The minimum Gasteiger partial charge on any atom is -0.495 e. The van der Waals surface area contributed by atoms with Crippen LogP contribution in [0.4, 0.5) is 11.4 Å². The van der Waals surface area contributed by atoms with Gasteiger partial charge in [0.05, 0.1) is 30.5 Å². The Bertz CT molecular complexity index is 593. The molecule has 0 saturated carbocycles. The molecule has 0 aliphatic rings. The molecule has 1 heterocycles. The molecule has 100 valence electrons. The van der Waals surface area contributed by atoms with Crippen molar-refractivity contribution in [1.29, 1.82) is 0 Å². The summed E-state index contributed by atoms with van der Waals surface area (Å²) in [6, 6.07) is 9.80. The summed E-state index contributed by atoms with van der Waals surface area (Å²) in [6.07, 6.45) is 0. The largest absolute Gasteiger partial charge is 0.495 e. The molecule has 0 bridgehead atoms. The molecule has 0 radical (unpaired) electrons. The van der Waals surface area contributed by atoms with Crippen LogP contribution in [0.2, 0.25) is 0 Å². The van der Waals surface area contributed by atoms with Crippen molar-refractivity contribution in [2.24, 2.45) is 0 Å². The van der Waals surface area contributed by atoms with Gasteiger partial charge in [0.1, 0.15) is 5.75 Å². The van der Waals surface area contributed by atoms with E-state index in [-0.39, 0.29) is 0 Å². The average Bonchev–Trinajstić information content (AvgIpc) is 2.80. The molecule has 0 aliphatic heterocycles. The Labute approximate surface area is 122 Å². The van der Waals surface area contributed by atoms with Crippen molar-refractivity contribution in [1.82, 2.24) is 0 Å². The first-order valence-electron chi connectivity index (χ1n) is 5.74. The first-order valence-corrected chi connectivity index (χ1v) is 6.97. The SMILES string of the molecule is COC(=S)c1cc(Nc2ccccc2OC)c(C)s1. The van der Waals surface area contributed by atoms with E-state index < -0.39 is 0 Å². The molecule has 2 rings (SSSR count). The van der Waals surface area contributed by atoms with Gasteiger partial charge in [-0.2, -0.15) is 0 Å². The Morgan fingerprint density at radius 1 is 1.21 bits per heavy atom. The van der Waals surface area contributed by atoms with Crippen molar-refractivity contribution in [3.63, 3.8) is 0 Å². The number of methoxy groups -OCH3 is 2. The topological polar surface area (TPSA) is 30.5 Å². The fraction of sp³-hybridized carbons (Fsp3) is 0.214. The van der Waals surface area contributed by atoms with Gasteiger partial charge < -0.3 is 14.8 Å². The minimum atomic E-state index is 0.515. The van der Waals surface area contributed by atoms with Crippen molar-refractivity contribution < 1.29 is 9.47 Å². The second-order valence-corrected chi connectivity index (χ2v) is 5.52. The molecule has 1 aromatic carbocycles. The lowest BCUT2D eigenvalue weighted by Crippen LogP contribution is -1.96. The third-order valence-electron chi connectivity index (χ3n) is 2.68. The minimum absolute atomic E-state index is 0.515. The molecule has 0 unspecified atom stereocenters. The summed E-state index contributed by atoms with van der Waals surface area (Å²) < 4.78 is 10.4. The van der Waals surface area contributed by atoms with E-state index in [1.165, 1.54) is 0 Å². The van der Waals surface area contributed by atoms with Gasteiger partial charge in [0, 0.05) is 4.88 Å². The molecule has 1 N–H and O–H groups in total. The van der Waals surface area contributed by atoms with E-state index in [2.05, 4.69) is 5.32 Å². The Morgan fingerprint density at radius 3 is 2.63 bits per heavy atom. The molecule has 3 nitrogen and oxygen atoms in total. The van der Waals surface area contributed by atoms with Crippen LogP contribution in [0.5, 0.6) is 5.75 Å². The van der Waals surface area contributed by atoms with Crippen molar-refractivity contribution in [2.45, 2.75) is 6.92 Å². The molecule has 0 fully saturated rings. The summed E-state index contributed by atoms with van der Waals surface area (Å²) in [5, 5.41) is 3.88. The van der Waals surface area contributed by atoms with Gasteiger partial charge in [-0.1, -0.05) is 12.1 Å². The number of thiocarbonyl (C=S) groups is 1. The van der Waals surface area contributed by atoms with Crippen LogP contribution in [0.3, 0.4) is 0 Å². The van der Waals surface area contributed by atoms with Gasteiger partial charge >= 0.3 is 0 Å². The summed E-state index contributed by atoms with van der Waals surface area (Å²) in [5.74, 6) is 0.809. The van der Waals surface area contributed by atoms with Gasteiger partial charge in [0.2, 0.25) is 5.05 Å². The molecule has 1 aromatic heterocycles. The van der Waals surface area contributed by atoms with Crippen LogP contribution in [0, 0.1) is 6.92 Å². The summed E-state index contributed by atoms with van der Waals surface area (Å²) >= 11 is 6.75. The van der Waals surface area contributed by atoms with E-state index in [1.54, 1.807) is 25.6 Å². The van der Waals surface area contributed by atoms with E-state index in [4.69, 9.17) is 21.7 Å². The van der Waals surface area contributed by atoms with Crippen molar-refractivity contribution >= 4 is 40.0 Å². The maximum atomic E-state index is 5.32. The van der Waals surface area contributed by atoms with E-state index >= 15 is 0 Å². The number of anilines is 2. The van der Waals surface area contributed by atoms with Crippen LogP contribution in [0.25, 0.3) is 0 Å². The molecule has 19 heavy (non-hydrogen) atoms. The van der Waals surface area contributed by atoms with E-state index in [1.807, 2.05) is 37.3 Å². The zero-order chi connectivity index (χ0) is 13.8. The molecule has 0 amide bonds. The highest BCUT2D eigenvalue weighted by Crippen LogP contribution is 2.33. The number of nitrogens with one attached hydrogen (secondary N) is 1. The highest BCUT2D eigenvalue weighted by molar-refractivity contribution is 7.80. The predicted octanol–water partition coefficient (Wildman–Crippen LogP) is 4.13. The Morgan fingerprint density at radius 2 is 1.95 bits per heavy atom. The fourth-order valence-electron chi connectivity index (χ4n) is 1.70. The summed E-state index contributed by atoms with van der Waals surface area (Å²) in [6.45, 7) is 2.05. The number of hydrogen-bond donors (Lipinski definition) is 1. The maximum Gasteiger partial charge on any atom is 0.201 e. The molecular weight excluding hydrogens is 278 g/mol. The average molecular weight is 293 g/mol. The molecular formula is C14H15NO2S2. The van der Waals surface area contributed by atoms with Crippen LogP contribution in [0.1, 0.15) is 9.75 Å². The fourth-order valence-corrected chi connectivity index (χ4v) is 2.78. The van der Waals surface area contributed by atoms with Gasteiger partial charge in [-0.3, -0.25) is 0 Å². The van der Waals surface area contributed by atoms with Crippen molar-refractivity contribution in [3.8, 4) is 5.75 Å². The highest BCUT2D eigenvalue weighted by atomic mass is 32.1. The maximum absolute atomic E-state index is 5.32. The van der Waals surface area contributed by atoms with Gasteiger partial charge in [-0.05, 0) is 37.3 Å².